The molecule has 0 spiro atoms. The summed E-state index contributed by atoms with van der Waals surface area (Å²) in [6, 6.07) is 9.66. The van der Waals surface area contributed by atoms with Gasteiger partial charge in [-0.3, -0.25) is 0 Å². The van der Waals surface area contributed by atoms with Crippen molar-refractivity contribution in [2.75, 3.05) is 13.2 Å². The summed E-state index contributed by atoms with van der Waals surface area (Å²) in [7, 11) is 0. The highest BCUT2D eigenvalue weighted by Gasteiger charge is 2.28. The van der Waals surface area contributed by atoms with Gasteiger partial charge < -0.3 is 10.1 Å². The van der Waals surface area contributed by atoms with Crippen LogP contribution in [0.25, 0.3) is 0 Å². The molecule has 1 N–H and O–H groups in total. The van der Waals surface area contributed by atoms with E-state index < -0.39 is 0 Å². The number of hydrogen-bond donors (Lipinski definition) is 1. The Kier molecular flexibility index (Phi) is 5.18. The largest absolute Gasteiger partial charge is 0.494 e. The fourth-order valence-corrected chi connectivity index (χ4v) is 3.67. The van der Waals surface area contributed by atoms with Crippen molar-refractivity contribution in [2.24, 2.45) is 5.92 Å². The van der Waals surface area contributed by atoms with Crippen molar-refractivity contribution in [3.8, 4) is 5.75 Å². The zero-order chi connectivity index (χ0) is 14.5. The van der Waals surface area contributed by atoms with E-state index in [4.69, 9.17) is 4.74 Å². The van der Waals surface area contributed by atoms with Crippen molar-refractivity contribution in [3.05, 3.63) is 29.8 Å². The van der Waals surface area contributed by atoms with Crippen LogP contribution in [0, 0.1) is 5.92 Å². The van der Waals surface area contributed by atoms with Gasteiger partial charge in [0, 0.05) is 6.04 Å². The Hall–Kier alpha value is -1.02. The molecule has 2 atom stereocenters. The van der Waals surface area contributed by atoms with E-state index in [-0.39, 0.29) is 0 Å². The van der Waals surface area contributed by atoms with Crippen LogP contribution in [-0.4, -0.2) is 19.2 Å². The molecule has 3 rings (SSSR count). The van der Waals surface area contributed by atoms with E-state index in [9.17, 15) is 0 Å². The van der Waals surface area contributed by atoms with Crippen molar-refractivity contribution in [2.45, 2.75) is 63.8 Å². The van der Waals surface area contributed by atoms with Crippen LogP contribution in [0.5, 0.6) is 5.75 Å². The maximum absolute atomic E-state index is 5.70. The Morgan fingerprint density at radius 3 is 2.76 bits per heavy atom. The predicted octanol–water partition coefficient (Wildman–Crippen LogP) is 4.50. The summed E-state index contributed by atoms with van der Waals surface area (Å²) in [5.74, 6) is 2.54. The van der Waals surface area contributed by atoms with E-state index in [1.54, 1.807) is 0 Å². The van der Waals surface area contributed by atoms with E-state index in [1.807, 2.05) is 0 Å². The van der Waals surface area contributed by atoms with Crippen LogP contribution in [0.2, 0.25) is 0 Å². The first-order valence-electron chi connectivity index (χ1n) is 8.83. The molecule has 2 aliphatic carbocycles. The Balaban J connectivity index is 1.72. The SMILES string of the molecule is CCOc1cccc(C2CCCCCC2CNC2CC2)c1. The van der Waals surface area contributed by atoms with Gasteiger partial charge in [0.2, 0.25) is 0 Å². The number of nitrogens with one attached hydrogen (secondary N) is 1. The normalized spacial score (nSPS) is 26.3. The van der Waals surface area contributed by atoms with Gasteiger partial charge in [0.15, 0.2) is 0 Å². The van der Waals surface area contributed by atoms with E-state index in [0.717, 1.165) is 24.3 Å². The molecule has 0 amide bonds. The molecule has 2 aliphatic rings. The molecule has 0 bridgehead atoms. The van der Waals surface area contributed by atoms with Crippen LogP contribution in [-0.2, 0) is 0 Å². The van der Waals surface area contributed by atoms with E-state index >= 15 is 0 Å². The molecule has 2 saturated carbocycles. The van der Waals surface area contributed by atoms with Crippen LogP contribution in [0.4, 0.5) is 0 Å². The fraction of sp³-hybridized carbons (Fsp3) is 0.684. The van der Waals surface area contributed by atoms with Crippen LogP contribution in [0.3, 0.4) is 0 Å². The molecular formula is C19H29NO. The van der Waals surface area contributed by atoms with Crippen molar-refractivity contribution in [1.82, 2.24) is 5.32 Å². The number of benzene rings is 1. The zero-order valence-electron chi connectivity index (χ0n) is 13.3. The summed E-state index contributed by atoms with van der Waals surface area (Å²) in [6.45, 7) is 4.01. The maximum atomic E-state index is 5.70. The molecule has 21 heavy (non-hydrogen) atoms. The minimum absolute atomic E-state index is 0.708. The fourth-order valence-electron chi connectivity index (χ4n) is 3.67. The molecule has 0 heterocycles. The topological polar surface area (TPSA) is 21.3 Å². The first-order chi connectivity index (χ1) is 10.4. The van der Waals surface area contributed by atoms with Crippen molar-refractivity contribution < 1.29 is 4.74 Å². The summed E-state index contributed by atoms with van der Waals surface area (Å²) in [4.78, 5) is 0. The molecule has 0 radical (unpaired) electrons. The summed E-state index contributed by atoms with van der Waals surface area (Å²) >= 11 is 0. The van der Waals surface area contributed by atoms with Crippen LogP contribution < -0.4 is 10.1 Å². The highest BCUT2D eigenvalue weighted by molar-refractivity contribution is 5.31. The predicted molar refractivity (Wildman–Crippen MR) is 88.0 cm³/mol. The molecule has 0 saturated heterocycles. The molecule has 0 aliphatic heterocycles. The van der Waals surface area contributed by atoms with Crippen LogP contribution in [0.1, 0.15) is 63.4 Å². The van der Waals surface area contributed by atoms with Crippen molar-refractivity contribution in [3.63, 3.8) is 0 Å². The molecule has 2 unspecified atom stereocenters. The molecule has 116 valence electrons. The lowest BCUT2D eigenvalue weighted by Gasteiger charge is -2.26. The third-order valence-electron chi connectivity index (χ3n) is 5.00. The molecule has 2 heteroatoms. The molecule has 0 aromatic heterocycles. The smallest absolute Gasteiger partial charge is 0.119 e. The van der Waals surface area contributed by atoms with Gasteiger partial charge in [0.1, 0.15) is 5.75 Å². The lowest BCUT2D eigenvalue weighted by Crippen LogP contribution is -2.28. The van der Waals surface area contributed by atoms with Gasteiger partial charge in [0.05, 0.1) is 6.61 Å². The monoisotopic (exact) mass is 287 g/mol. The molecule has 1 aromatic rings. The summed E-state index contributed by atoms with van der Waals surface area (Å²) in [5, 5.41) is 3.76. The van der Waals surface area contributed by atoms with Gasteiger partial charge in [-0.15, -0.1) is 0 Å². The minimum Gasteiger partial charge on any atom is -0.494 e. The quantitative estimate of drug-likeness (QED) is 0.778. The van der Waals surface area contributed by atoms with Gasteiger partial charge >= 0.3 is 0 Å². The second-order valence-corrected chi connectivity index (χ2v) is 6.69. The summed E-state index contributed by atoms with van der Waals surface area (Å²) in [6.07, 6.45) is 9.67. The Bertz CT molecular complexity index is 441. The standard InChI is InChI=1S/C19H29NO/c1-2-21-18-9-6-8-15(13-18)19-10-5-3-4-7-16(19)14-20-17-11-12-17/h6,8-9,13,16-17,19-20H,2-5,7,10-12,14H2,1H3. The van der Waals surface area contributed by atoms with Crippen molar-refractivity contribution in [1.29, 1.82) is 0 Å². The molecule has 2 nitrogen and oxygen atoms in total. The Labute approximate surface area is 129 Å². The van der Waals surface area contributed by atoms with Crippen LogP contribution >= 0.6 is 0 Å². The number of hydrogen-bond acceptors (Lipinski definition) is 2. The molecular weight excluding hydrogens is 258 g/mol. The average molecular weight is 287 g/mol. The van der Waals surface area contributed by atoms with E-state index in [1.165, 1.54) is 57.1 Å². The van der Waals surface area contributed by atoms with Gasteiger partial charge in [-0.1, -0.05) is 31.4 Å². The van der Waals surface area contributed by atoms with Gasteiger partial charge in [-0.2, -0.15) is 0 Å². The number of rotatable bonds is 6. The van der Waals surface area contributed by atoms with Crippen LogP contribution in [0.15, 0.2) is 24.3 Å². The average Bonchev–Trinajstić information content (AvgIpc) is 3.33. The van der Waals surface area contributed by atoms with Gasteiger partial charge in [-0.25, -0.2) is 0 Å². The summed E-state index contributed by atoms with van der Waals surface area (Å²) in [5.41, 5.74) is 1.49. The lowest BCUT2D eigenvalue weighted by molar-refractivity contribution is 0.337. The first kappa shape index (κ1) is 14.9. The van der Waals surface area contributed by atoms with Gasteiger partial charge in [-0.05, 0) is 68.7 Å². The second kappa shape index (κ2) is 7.31. The first-order valence-corrected chi connectivity index (χ1v) is 8.83. The Morgan fingerprint density at radius 1 is 1.10 bits per heavy atom. The van der Waals surface area contributed by atoms with E-state index in [0.29, 0.717) is 5.92 Å². The highest BCUT2D eigenvalue weighted by Crippen LogP contribution is 2.37. The van der Waals surface area contributed by atoms with Gasteiger partial charge in [0.25, 0.3) is 0 Å². The number of ether oxygens (including phenoxy) is 1. The zero-order valence-corrected chi connectivity index (χ0v) is 13.3. The third kappa shape index (κ3) is 4.23. The second-order valence-electron chi connectivity index (χ2n) is 6.69. The Morgan fingerprint density at radius 2 is 1.95 bits per heavy atom. The maximum Gasteiger partial charge on any atom is 0.119 e. The minimum atomic E-state index is 0.708. The third-order valence-corrected chi connectivity index (χ3v) is 5.00. The molecule has 2 fully saturated rings. The summed E-state index contributed by atoms with van der Waals surface area (Å²) < 4.78 is 5.70. The van der Waals surface area contributed by atoms with Crippen molar-refractivity contribution >= 4 is 0 Å². The highest BCUT2D eigenvalue weighted by atomic mass is 16.5. The lowest BCUT2D eigenvalue weighted by atomic mass is 9.82. The van der Waals surface area contributed by atoms with E-state index in [2.05, 4.69) is 36.5 Å². The molecule has 1 aromatic carbocycles.